The topological polar surface area (TPSA) is 82.3 Å². The molecule has 7 nitrogen and oxygen atoms in total. The molecule has 1 aliphatic rings. The highest BCUT2D eigenvalue weighted by atomic mass is 16.5. The number of aromatic nitrogens is 2. The highest BCUT2D eigenvalue weighted by Gasteiger charge is 2.32. The van der Waals surface area contributed by atoms with E-state index < -0.39 is 0 Å². The summed E-state index contributed by atoms with van der Waals surface area (Å²) in [6.07, 6.45) is 4.95. The van der Waals surface area contributed by atoms with E-state index in [0.29, 0.717) is 30.2 Å². The van der Waals surface area contributed by atoms with Crippen molar-refractivity contribution in [1.29, 1.82) is 5.26 Å². The molecule has 7 heteroatoms. The molecular weight excluding hydrogens is 462 g/mol. The van der Waals surface area contributed by atoms with Gasteiger partial charge in [-0.25, -0.2) is 0 Å². The molecule has 0 N–H and O–H groups in total. The molecule has 1 atom stereocenters. The Kier molecular flexibility index (Phi) is 8.20. The van der Waals surface area contributed by atoms with Gasteiger partial charge in [-0.3, -0.25) is 14.8 Å². The van der Waals surface area contributed by atoms with Gasteiger partial charge < -0.3 is 14.5 Å². The summed E-state index contributed by atoms with van der Waals surface area (Å²) >= 11 is 0. The number of carbonyl (C=O) groups is 1. The van der Waals surface area contributed by atoms with Gasteiger partial charge in [0.25, 0.3) is 5.91 Å². The third-order valence-corrected chi connectivity index (χ3v) is 7.23. The maximum Gasteiger partial charge on any atom is 0.254 e. The van der Waals surface area contributed by atoms with Crippen molar-refractivity contribution in [2.75, 3.05) is 33.3 Å². The molecular formula is C30H35N5O2. The molecule has 192 valence electrons. The highest BCUT2D eigenvalue weighted by molar-refractivity contribution is 5.99. The molecule has 0 bridgehead atoms. The minimum atomic E-state index is -0.258. The Bertz CT molecular complexity index is 1330. The van der Waals surface area contributed by atoms with E-state index in [1.54, 1.807) is 12.3 Å². The molecule has 0 aliphatic carbocycles. The van der Waals surface area contributed by atoms with E-state index in [0.717, 1.165) is 59.4 Å². The molecule has 2 aromatic heterocycles. The average Bonchev–Trinajstić information content (AvgIpc) is 2.92. The van der Waals surface area contributed by atoms with Gasteiger partial charge in [-0.1, -0.05) is 19.1 Å². The van der Waals surface area contributed by atoms with Crippen LogP contribution < -0.4 is 4.74 Å². The van der Waals surface area contributed by atoms with Crippen LogP contribution >= 0.6 is 0 Å². The number of aryl methyl sites for hydroxylation is 1. The first kappa shape index (κ1) is 26.3. The Morgan fingerprint density at radius 1 is 1.19 bits per heavy atom. The summed E-state index contributed by atoms with van der Waals surface area (Å²) in [7, 11) is 2.11. The Morgan fingerprint density at radius 3 is 2.68 bits per heavy atom. The zero-order valence-corrected chi connectivity index (χ0v) is 22.4. The second-order valence-corrected chi connectivity index (χ2v) is 9.53. The van der Waals surface area contributed by atoms with Crippen LogP contribution in [0.3, 0.4) is 0 Å². The van der Waals surface area contributed by atoms with Crippen molar-refractivity contribution in [3.05, 3.63) is 76.4 Å². The van der Waals surface area contributed by atoms with Crippen LogP contribution in [0.2, 0.25) is 0 Å². The number of rotatable bonds is 9. The number of nitrogens with zero attached hydrogens (tertiary/aromatic N) is 5. The predicted octanol–water partition coefficient (Wildman–Crippen LogP) is 4.98. The normalized spacial score (nSPS) is 13.9. The maximum absolute atomic E-state index is 14.0. The molecule has 3 aromatic rings. The molecule has 0 radical (unpaired) electrons. The van der Waals surface area contributed by atoms with Crippen molar-refractivity contribution in [2.24, 2.45) is 0 Å². The minimum absolute atomic E-state index is 0.00589. The second-order valence-electron chi connectivity index (χ2n) is 9.53. The SMILES string of the molecule is CCOc1cc(C(C)N2CCc3c(cc(CCN(C)CC)cc3-c3cccnc3C)C2=O)ncc1C#N. The van der Waals surface area contributed by atoms with Crippen LogP contribution in [0, 0.1) is 18.3 Å². The van der Waals surface area contributed by atoms with Crippen LogP contribution in [0.25, 0.3) is 11.1 Å². The fraction of sp³-hybridized carbons (Fsp3) is 0.400. The Balaban J connectivity index is 1.73. The molecule has 1 amide bonds. The summed E-state index contributed by atoms with van der Waals surface area (Å²) in [4.78, 5) is 27.1. The standard InChI is InChI=1S/C30H35N5O2/c1-6-34(5)13-10-22-15-26(24-9-8-12-32-20(24)3)25-11-14-35(30(36)27(25)16-22)21(4)28-17-29(37-7-2)23(18-31)19-33-28/h8-9,12,15-17,19,21H,6-7,10-11,13-14H2,1-5H3. The number of ether oxygens (including phenoxy) is 1. The fourth-order valence-corrected chi connectivity index (χ4v) is 4.88. The monoisotopic (exact) mass is 497 g/mol. The second kappa shape index (κ2) is 11.5. The largest absolute Gasteiger partial charge is 0.492 e. The van der Waals surface area contributed by atoms with Crippen LogP contribution in [-0.4, -0.2) is 59.0 Å². The molecule has 4 rings (SSSR count). The van der Waals surface area contributed by atoms with Crippen molar-refractivity contribution in [2.45, 2.75) is 46.6 Å². The van der Waals surface area contributed by atoms with E-state index in [9.17, 15) is 10.1 Å². The first-order chi connectivity index (χ1) is 17.9. The number of hydrogen-bond acceptors (Lipinski definition) is 6. The summed E-state index contributed by atoms with van der Waals surface area (Å²) < 4.78 is 5.66. The maximum atomic E-state index is 14.0. The van der Waals surface area contributed by atoms with Crippen molar-refractivity contribution < 1.29 is 9.53 Å². The molecule has 1 aliphatic heterocycles. The summed E-state index contributed by atoms with van der Waals surface area (Å²) in [6, 6.07) is 12.0. The lowest BCUT2D eigenvalue weighted by Crippen LogP contribution is -2.40. The quantitative estimate of drug-likeness (QED) is 0.415. The number of pyridine rings is 2. The van der Waals surface area contributed by atoms with Crippen molar-refractivity contribution in [1.82, 2.24) is 19.8 Å². The third-order valence-electron chi connectivity index (χ3n) is 7.23. The van der Waals surface area contributed by atoms with E-state index in [-0.39, 0.29) is 11.9 Å². The molecule has 0 saturated heterocycles. The van der Waals surface area contributed by atoms with Gasteiger partial charge in [0.2, 0.25) is 0 Å². The molecule has 3 heterocycles. The van der Waals surface area contributed by atoms with Gasteiger partial charge in [0.05, 0.1) is 18.3 Å². The van der Waals surface area contributed by atoms with Crippen molar-refractivity contribution in [3.63, 3.8) is 0 Å². The zero-order chi connectivity index (χ0) is 26.5. The van der Waals surface area contributed by atoms with Crippen LogP contribution in [0.4, 0.5) is 0 Å². The molecule has 37 heavy (non-hydrogen) atoms. The number of amides is 1. The Morgan fingerprint density at radius 2 is 1.97 bits per heavy atom. The van der Waals surface area contributed by atoms with E-state index >= 15 is 0 Å². The van der Waals surface area contributed by atoms with Gasteiger partial charge in [-0.15, -0.1) is 0 Å². The summed E-state index contributed by atoms with van der Waals surface area (Å²) in [5, 5.41) is 9.39. The predicted molar refractivity (Wildman–Crippen MR) is 145 cm³/mol. The number of hydrogen-bond donors (Lipinski definition) is 0. The van der Waals surface area contributed by atoms with Crippen LogP contribution in [0.15, 0.2) is 42.7 Å². The average molecular weight is 498 g/mol. The highest BCUT2D eigenvalue weighted by Crippen LogP contribution is 2.36. The number of likely N-dealkylation sites (N-methyl/N-ethyl adjacent to an activating group) is 1. The van der Waals surface area contributed by atoms with Gasteiger partial charge >= 0.3 is 0 Å². The minimum Gasteiger partial charge on any atom is -0.492 e. The lowest BCUT2D eigenvalue weighted by atomic mass is 9.86. The first-order valence-corrected chi connectivity index (χ1v) is 13.0. The van der Waals surface area contributed by atoms with Crippen molar-refractivity contribution in [3.8, 4) is 22.9 Å². The van der Waals surface area contributed by atoms with E-state index in [4.69, 9.17) is 4.74 Å². The van der Waals surface area contributed by atoms with Crippen LogP contribution in [-0.2, 0) is 12.8 Å². The van der Waals surface area contributed by atoms with Crippen LogP contribution in [0.5, 0.6) is 5.75 Å². The summed E-state index contributed by atoms with van der Waals surface area (Å²) in [5.41, 5.74) is 7.24. The van der Waals surface area contributed by atoms with Gasteiger partial charge in [0, 0.05) is 48.4 Å². The fourth-order valence-electron chi connectivity index (χ4n) is 4.88. The molecule has 1 aromatic carbocycles. The molecule has 0 spiro atoms. The number of fused-ring (bicyclic) bond motifs is 1. The summed E-state index contributed by atoms with van der Waals surface area (Å²) in [5.74, 6) is 0.509. The number of nitriles is 1. The number of carbonyl (C=O) groups excluding carboxylic acids is 1. The molecule has 0 fully saturated rings. The Labute approximate surface area is 219 Å². The molecule has 0 saturated carbocycles. The first-order valence-electron chi connectivity index (χ1n) is 13.0. The van der Waals surface area contributed by atoms with E-state index in [1.165, 1.54) is 6.20 Å². The van der Waals surface area contributed by atoms with Gasteiger partial charge in [-0.05, 0) is 76.0 Å². The third kappa shape index (κ3) is 5.50. The van der Waals surface area contributed by atoms with Gasteiger partial charge in [0.15, 0.2) is 0 Å². The summed E-state index contributed by atoms with van der Waals surface area (Å²) in [6.45, 7) is 11.0. The van der Waals surface area contributed by atoms with Gasteiger partial charge in [-0.2, -0.15) is 5.26 Å². The zero-order valence-electron chi connectivity index (χ0n) is 22.4. The van der Waals surface area contributed by atoms with Crippen molar-refractivity contribution >= 4 is 5.91 Å². The van der Waals surface area contributed by atoms with E-state index in [2.05, 4.69) is 53.1 Å². The van der Waals surface area contributed by atoms with Gasteiger partial charge in [0.1, 0.15) is 17.4 Å². The number of benzene rings is 1. The molecule has 1 unspecified atom stereocenters. The van der Waals surface area contributed by atoms with Crippen LogP contribution in [0.1, 0.15) is 65.2 Å². The lowest BCUT2D eigenvalue weighted by molar-refractivity contribution is 0.0669. The smallest absolute Gasteiger partial charge is 0.254 e. The Hall–Kier alpha value is -3.76. The van der Waals surface area contributed by atoms with E-state index in [1.807, 2.05) is 31.7 Å². The lowest BCUT2D eigenvalue weighted by Gasteiger charge is -2.35.